The zero-order valence-electron chi connectivity index (χ0n) is 14.6. The third-order valence-corrected chi connectivity index (χ3v) is 5.26. The van der Waals surface area contributed by atoms with Crippen molar-refractivity contribution >= 4 is 22.7 Å². The number of nitrogens with zero attached hydrogens (tertiary/aromatic N) is 3. The normalized spacial score (nSPS) is 15.7. The Morgan fingerprint density at radius 3 is 2.84 bits per heavy atom. The number of para-hydroxylation sites is 1. The number of methoxy groups -OCH3 is 1. The van der Waals surface area contributed by atoms with Gasteiger partial charge in [-0.05, 0) is 18.6 Å². The maximum Gasteiger partial charge on any atom is 0.262 e. The van der Waals surface area contributed by atoms with Crippen LogP contribution >= 0.6 is 11.8 Å². The average Bonchev–Trinajstić information content (AvgIpc) is 2.65. The number of benzene rings is 1. The van der Waals surface area contributed by atoms with E-state index in [0.29, 0.717) is 18.5 Å². The number of aromatic nitrogens is 2. The molecule has 2 aromatic rings. The van der Waals surface area contributed by atoms with E-state index in [2.05, 4.69) is 4.90 Å². The minimum atomic E-state index is 0.0376. The van der Waals surface area contributed by atoms with Gasteiger partial charge < -0.3 is 9.47 Å². The fourth-order valence-electron chi connectivity index (χ4n) is 2.91. The third-order valence-electron chi connectivity index (χ3n) is 4.30. The summed E-state index contributed by atoms with van der Waals surface area (Å²) >= 11 is 1.66. The molecule has 0 saturated carbocycles. The highest BCUT2D eigenvalue weighted by Crippen LogP contribution is 2.18. The molecule has 7 heteroatoms. The summed E-state index contributed by atoms with van der Waals surface area (Å²) in [6.45, 7) is 5.82. The Hall–Kier alpha value is -1.41. The zero-order valence-corrected chi connectivity index (χ0v) is 15.5. The van der Waals surface area contributed by atoms with E-state index in [0.717, 1.165) is 55.7 Å². The topological polar surface area (TPSA) is 56.6 Å². The second-order valence-corrected chi connectivity index (χ2v) is 7.08. The quantitative estimate of drug-likeness (QED) is 0.405. The van der Waals surface area contributed by atoms with Crippen LogP contribution in [-0.2, 0) is 16.0 Å². The second-order valence-electron chi connectivity index (χ2n) is 6.02. The van der Waals surface area contributed by atoms with Crippen LogP contribution in [0.4, 0.5) is 0 Å². The van der Waals surface area contributed by atoms with Crippen LogP contribution < -0.4 is 5.56 Å². The maximum absolute atomic E-state index is 12.9. The number of morpholine rings is 1. The molecule has 1 fully saturated rings. The summed E-state index contributed by atoms with van der Waals surface area (Å²) in [7, 11) is 1.68. The van der Waals surface area contributed by atoms with Gasteiger partial charge in [0.25, 0.3) is 5.56 Å². The van der Waals surface area contributed by atoms with E-state index in [1.54, 1.807) is 23.4 Å². The molecule has 0 aliphatic carbocycles. The van der Waals surface area contributed by atoms with Crippen LogP contribution in [0, 0.1) is 0 Å². The van der Waals surface area contributed by atoms with Gasteiger partial charge in [-0.1, -0.05) is 23.9 Å². The van der Waals surface area contributed by atoms with Gasteiger partial charge in [-0.2, -0.15) is 0 Å². The van der Waals surface area contributed by atoms with E-state index in [1.165, 1.54) is 0 Å². The lowest BCUT2D eigenvalue weighted by atomic mass is 10.2. The van der Waals surface area contributed by atoms with Gasteiger partial charge in [0.15, 0.2) is 5.16 Å². The molecule has 6 nitrogen and oxygen atoms in total. The zero-order chi connectivity index (χ0) is 17.5. The largest absolute Gasteiger partial charge is 0.385 e. The van der Waals surface area contributed by atoms with Gasteiger partial charge in [0.05, 0.1) is 24.1 Å². The molecule has 1 aliphatic heterocycles. The number of rotatable bonds is 8. The van der Waals surface area contributed by atoms with Crippen molar-refractivity contribution in [2.45, 2.75) is 18.1 Å². The minimum absolute atomic E-state index is 0.0376. The molecule has 0 amide bonds. The van der Waals surface area contributed by atoms with Crippen LogP contribution in [0.1, 0.15) is 6.42 Å². The third kappa shape index (κ3) is 4.82. The van der Waals surface area contributed by atoms with E-state index in [-0.39, 0.29) is 5.56 Å². The van der Waals surface area contributed by atoms with Crippen LogP contribution in [0.5, 0.6) is 0 Å². The first-order valence-electron chi connectivity index (χ1n) is 8.71. The SMILES string of the molecule is COCCCn1c(SCCN2CCOCC2)nc2ccccc2c1=O. The number of hydrogen-bond acceptors (Lipinski definition) is 6. The highest BCUT2D eigenvalue weighted by atomic mass is 32.2. The highest BCUT2D eigenvalue weighted by molar-refractivity contribution is 7.99. The monoisotopic (exact) mass is 363 g/mol. The molecule has 136 valence electrons. The molecule has 1 aromatic heterocycles. The lowest BCUT2D eigenvalue weighted by Crippen LogP contribution is -2.37. The van der Waals surface area contributed by atoms with Crippen LogP contribution in [0.25, 0.3) is 10.9 Å². The smallest absolute Gasteiger partial charge is 0.262 e. The molecule has 0 atom stereocenters. The first kappa shape index (κ1) is 18.4. The van der Waals surface area contributed by atoms with Crippen molar-refractivity contribution in [3.8, 4) is 0 Å². The molecule has 25 heavy (non-hydrogen) atoms. The van der Waals surface area contributed by atoms with Crippen LogP contribution in [0.15, 0.2) is 34.2 Å². The van der Waals surface area contributed by atoms with Crippen LogP contribution in [0.2, 0.25) is 0 Å². The van der Waals surface area contributed by atoms with Gasteiger partial charge in [0, 0.05) is 45.6 Å². The predicted molar refractivity (Wildman–Crippen MR) is 100 cm³/mol. The van der Waals surface area contributed by atoms with E-state index in [1.807, 2.05) is 24.3 Å². The highest BCUT2D eigenvalue weighted by Gasteiger charge is 2.13. The first-order chi connectivity index (χ1) is 12.3. The molecule has 2 heterocycles. The van der Waals surface area contributed by atoms with Gasteiger partial charge in [-0.25, -0.2) is 4.98 Å². The van der Waals surface area contributed by atoms with Crippen molar-refractivity contribution in [3.63, 3.8) is 0 Å². The van der Waals surface area contributed by atoms with E-state index in [9.17, 15) is 4.79 Å². The Labute approximate surface area is 152 Å². The molecule has 1 saturated heterocycles. The van der Waals surface area contributed by atoms with Crippen molar-refractivity contribution in [2.75, 3.05) is 52.3 Å². The van der Waals surface area contributed by atoms with E-state index < -0.39 is 0 Å². The maximum atomic E-state index is 12.9. The molecule has 0 bridgehead atoms. The molecular weight excluding hydrogens is 338 g/mol. The fraction of sp³-hybridized carbons (Fsp3) is 0.556. The standard InChI is InChI=1S/C18H25N3O3S/c1-23-11-4-7-21-17(22)15-5-2-3-6-16(15)19-18(21)25-14-10-20-8-12-24-13-9-20/h2-3,5-6H,4,7-14H2,1H3. The lowest BCUT2D eigenvalue weighted by Gasteiger charge is -2.26. The molecule has 1 aliphatic rings. The Bertz CT molecular complexity index is 744. The summed E-state index contributed by atoms with van der Waals surface area (Å²) in [6.07, 6.45) is 0.799. The fourth-order valence-corrected chi connectivity index (χ4v) is 3.94. The van der Waals surface area contributed by atoms with Crippen molar-refractivity contribution in [2.24, 2.45) is 0 Å². The van der Waals surface area contributed by atoms with Crippen molar-refractivity contribution < 1.29 is 9.47 Å². The predicted octanol–water partition coefficient (Wildman–Crippen LogP) is 1.86. The van der Waals surface area contributed by atoms with Gasteiger partial charge >= 0.3 is 0 Å². The Morgan fingerprint density at radius 2 is 2.04 bits per heavy atom. The molecule has 0 unspecified atom stereocenters. The number of ether oxygens (including phenoxy) is 2. The molecule has 0 radical (unpaired) electrons. The molecular formula is C18H25N3O3S. The molecule has 0 N–H and O–H groups in total. The van der Waals surface area contributed by atoms with Crippen LogP contribution in [0.3, 0.4) is 0 Å². The Kier molecular flexibility index (Phi) is 6.86. The van der Waals surface area contributed by atoms with Gasteiger partial charge in [-0.3, -0.25) is 14.3 Å². The van der Waals surface area contributed by atoms with Crippen molar-refractivity contribution in [1.29, 1.82) is 0 Å². The minimum Gasteiger partial charge on any atom is -0.385 e. The first-order valence-corrected chi connectivity index (χ1v) is 9.69. The molecule has 1 aromatic carbocycles. The van der Waals surface area contributed by atoms with E-state index in [4.69, 9.17) is 14.5 Å². The Balaban J connectivity index is 1.76. The summed E-state index contributed by atoms with van der Waals surface area (Å²) in [4.78, 5) is 20.0. The van der Waals surface area contributed by atoms with Crippen LogP contribution in [-0.4, -0.2) is 66.8 Å². The lowest BCUT2D eigenvalue weighted by molar-refractivity contribution is 0.0410. The molecule has 0 spiro atoms. The van der Waals surface area contributed by atoms with Gasteiger partial charge in [0.2, 0.25) is 0 Å². The van der Waals surface area contributed by atoms with Crippen molar-refractivity contribution in [1.82, 2.24) is 14.5 Å². The number of fused-ring (bicyclic) bond motifs is 1. The van der Waals surface area contributed by atoms with Gasteiger partial charge in [0.1, 0.15) is 0 Å². The number of thioether (sulfide) groups is 1. The van der Waals surface area contributed by atoms with E-state index >= 15 is 0 Å². The molecule has 3 rings (SSSR count). The van der Waals surface area contributed by atoms with Gasteiger partial charge in [-0.15, -0.1) is 0 Å². The second kappa shape index (κ2) is 9.33. The summed E-state index contributed by atoms with van der Waals surface area (Å²) in [5.41, 5.74) is 0.805. The summed E-state index contributed by atoms with van der Waals surface area (Å²) in [5, 5.41) is 1.48. The van der Waals surface area contributed by atoms with Crippen molar-refractivity contribution in [3.05, 3.63) is 34.6 Å². The number of hydrogen-bond donors (Lipinski definition) is 0. The average molecular weight is 363 g/mol. The Morgan fingerprint density at radius 1 is 1.24 bits per heavy atom. The summed E-state index contributed by atoms with van der Waals surface area (Å²) in [5.74, 6) is 0.912. The summed E-state index contributed by atoms with van der Waals surface area (Å²) in [6, 6.07) is 7.56. The summed E-state index contributed by atoms with van der Waals surface area (Å²) < 4.78 is 12.3.